The van der Waals surface area contributed by atoms with Gasteiger partial charge in [-0.15, -0.1) is 9.24 Å². The largest absolute Gasteiger partial charge is 0.493 e. The van der Waals surface area contributed by atoms with Gasteiger partial charge in [0.05, 0.1) is 19.2 Å². The molecule has 0 bridgehead atoms. The van der Waals surface area contributed by atoms with Crippen LogP contribution in [0.5, 0.6) is 23.0 Å². The summed E-state index contributed by atoms with van der Waals surface area (Å²) in [5.41, 5.74) is 3.59. The Morgan fingerprint density at radius 2 is 1.76 bits per heavy atom. The number of aryl methyl sites for hydroxylation is 1. The van der Waals surface area contributed by atoms with Crippen LogP contribution in [0.1, 0.15) is 51.6 Å². The first-order valence-corrected chi connectivity index (χ1v) is 14.4. The number of fused-ring (bicyclic) bond motifs is 2. The number of hydrogen-bond donors (Lipinski definition) is 1. The Morgan fingerprint density at radius 3 is 2.50 bits per heavy atom. The highest BCUT2D eigenvalue weighted by Crippen LogP contribution is 2.39. The molecule has 0 radical (unpaired) electrons. The Morgan fingerprint density at radius 1 is 0.974 bits per heavy atom. The lowest BCUT2D eigenvalue weighted by Crippen LogP contribution is -2.40. The topological polar surface area (TPSA) is 59.6 Å². The first-order chi connectivity index (χ1) is 18.4. The van der Waals surface area contributed by atoms with Crippen LogP contribution in [0, 0.1) is 12.3 Å². The third-order valence-corrected chi connectivity index (χ3v) is 9.04. The molecule has 1 N–H and O–H groups in total. The van der Waals surface area contributed by atoms with Crippen molar-refractivity contribution in [2.75, 3.05) is 33.4 Å². The van der Waals surface area contributed by atoms with Gasteiger partial charge in [0.2, 0.25) is 0 Å². The van der Waals surface area contributed by atoms with Gasteiger partial charge in [-0.05, 0) is 75.0 Å². The van der Waals surface area contributed by atoms with Crippen LogP contribution in [0.2, 0.25) is 0 Å². The van der Waals surface area contributed by atoms with Crippen molar-refractivity contribution >= 4 is 36.4 Å². The molecule has 2 aromatic carbocycles. The van der Waals surface area contributed by atoms with Crippen LogP contribution in [0.25, 0.3) is 21.8 Å². The lowest BCUT2D eigenvalue weighted by atomic mass is 9.74. The number of likely N-dealkylation sites (tertiary alicyclic amines) is 1. The van der Waals surface area contributed by atoms with Crippen molar-refractivity contribution in [2.45, 2.75) is 52.9 Å². The summed E-state index contributed by atoms with van der Waals surface area (Å²) < 4.78 is 18.3. The zero-order chi connectivity index (χ0) is 26.7. The lowest BCUT2D eigenvalue weighted by Gasteiger charge is -2.41. The molecule has 4 aromatic rings. The van der Waals surface area contributed by atoms with E-state index in [1.165, 1.54) is 38.8 Å². The molecule has 7 heteroatoms. The Kier molecular flexibility index (Phi) is 8.11. The number of nitrogens with one attached hydrogen (secondary N) is 1. The van der Waals surface area contributed by atoms with E-state index in [1.54, 1.807) is 13.3 Å². The minimum Gasteiger partial charge on any atom is -0.493 e. The van der Waals surface area contributed by atoms with Gasteiger partial charge in [-0.1, -0.05) is 26.7 Å². The normalized spacial score (nSPS) is 15.7. The fraction of sp³-hybridized carbons (Fsp3) is 0.452. The number of nitrogens with zero attached hydrogens (tertiary/aromatic N) is 2. The maximum Gasteiger partial charge on any atom is 0.163 e. The minimum absolute atomic E-state index is 0.562. The average molecular weight is 534 g/mol. The summed E-state index contributed by atoms with van der Waals surface area (Å²) in [6, 6.07) is 12.0. The molecule has 1 unspecified atom stereocenters. The predicted molar refractivity (Wildman–Crippen MR) is 160 cm³/mol. The van der Waals surface area contributed by atoms with Gasteiger partial charge in [-0.3, -0.25) is 4.98 Å². The van der Waals surface area contributed by atoms with Gasteiger partial charge in [0.25, 0.3) is 0 Å². The third-order valence-electron chi connectivity index (χ3n) is 8.44. The standard InChI is InChI=1S/C31H40N3O3P/c1-5-31(6-2)11-15-34(16-12-31)14-7-17-36-29-20-25-22(19-28(29)35-4)26(10-13-32-25)37-27-9-8-24-23(30(27)38)18-21(3)33-24/h8-10,13,18-20,33H,5-7,11-12,14-17,38H2,1-4H3. The van der Waals surface area contributed by atoms with E-state index in [-0.39, 0.29) is 0 Å². The molecule has 1 saturated heterocycles. The minimum atomic E-state index is 0.562. The number of pyridine rings is 1. The molecular weight excluding hydrogens is 493 g/mol. The number of ether oxygens (including phenoxy) is 3. The Hall–Kier alpha value is -2.82. The Balaban J connectivity index is 1.26. The van der Waals surface area contributed by atoms with Crippen LogP contribution in [0.15, 0.2) is 42.6 Å². The fourth-order valence-electron chi connectivity index (χ4n) is 5.72. The Bertz CT molecular complexity index is 1400. The summed E-state index contributed by atoms with van der Waals surface area (Å²) in [5, 5.41) is 3.04. The summed E-state index contributed by atoms with van der Waals surface area (Å²) in [4.78, 5) is 10.6. The summed E-state index contributed by atoms with van der Waals surface area (Å²) >= 11 is 0. The van der Waals surface area contributed by atoms with Crippen LogP contribution < -0.4 is 19.5 Å². The highest BCUT2D eigenvalue weighted by Gasteiger charge is 2.30. The molecule has 1 fully saturated rings. The molecular formula is C31H40N3O3P. The fourth-order valence-corrected chi connectivity index (χ4v) is 6.12. The maximum absolute atomic E-state index is 6.40. The van der Waals surface area contributed by atoms with E-state index >= 15 is 0 Å². The number of H-pyrrole nitrogens is 1. The molecule has 6 nitrogen and oxygen atoms in total. The van der Waals surface area contributed by atoms with E-state index in [9.17, 15) is 0 Å². The van der Waals surface area contributed by atoms with Gasteiger partial charge in [0.15, 0.2) is 11.5 Å². The van der Waals surface area contributed by atoms with E-state index in [4.69, 9.17) is 14.2 Å². The van der Waals surface area contributed by atoms with Crippen molar-refractivity contribution in [3.63, 3.8) is 0 Å². The summed E-state index contributed by atoms with van der Waals surface area (Å²) in [7, 11) is 4.49. The second-order valence-electron chi connectivity index (χ2n) is 10.6. The van der Waals surface area contributed by atoms with Gasteiger partial charge < -0.3 is 24.1 Å². The lowest BCUT2D eigenvalue weighted by molar-refractivity contribution is 0.0914. The molecule has 5 rings (SSSR count). The van der Waals surface area contributed by atoms with Crippen molar-refractivity contribution in [1.82, 2.24) is 14.9 Å². The molecule has 0 aliphatic carbocycles. The van der Waals surface area contributed by atoms with E-state index in [0.29, 0.717) is 17.8 Å². The van der Waals surface area contributed by atoms with Gasteiger partial charge in [-0.2, -0.15) is 0 Å². The highest BCUT2D eigenvalue weighted by molar-refractivity contribution is 7.28. The number of aromatic nitrogens is 2. The molecule has 3 heterocycles. The zero-order valence-corrected chi connectivity index (χ0v) is 24.3. The first-order valence-electron chi connectivity index (χ1n) is 13.8. The van der Waals surface area contributed by atoms with Crippen LogP contribution in [-0.2, 0) is 0 Å². The quantitative estimate of drug-likeness (QED) is 0.176. The van der Waals surface area contributed by atoms with Crippen molar-refractivity contribution in [1.29, 1.82) is 0 Å². The van der Waals surface area contributed by atoms with Crippen molar-refractivity contribution in [2.24, 2.45) is 5.41 Å². The summed E-state index contributed by atoms with van der Waals surface area (Å²) in [6.45, 7) is 10.9. The zero-order valence-electron chi connectivity index (χ0n) is 23.1. The van der Waals surface area contributed by atoms with Gasteiger partial charge in [0, 0.05) is 46.1 Å². The molecule has 0 spiro atoms. The molecule has 1 aliphatic rings. The number of hydrogen-bond acceptors (Lipinski definition) is 5. The number of piperidine rings is 1. The van der Waals surface area contributed by atoms with E-state index in [2.05, 4.69) is 57.0 Å². The number of rotatable bonds is 10. The summed E-state index contributed by atoms with van der Waals surface area (Å²) in [5.74, 6) is 2.93. The second kappa shape index (κ2) is 11.5. The number of methoxy groups -OCH3 is 1. The molecule has 1 atom stereocenters. The van der Waals surface area contributed by atoms with Crippen LogP contribution in [-0.4, -0.2) is 48.2 Å². The molecule has 38 heavy (non-hydrogen) atoms. The molecule has 202 valence electrons. The van der Waals surface area contributed by atoms with Gasteiger partial charge in [0.1, 0.15) is 11.5 Å². The highest BCUT2D eigenvalue weighted by atomic mass is 31.0. The maximum atomic E-state index is 6.40. The smallest absolute Gasteiger partial charge is 0.163 e. The van der Waals surface area contributed by atoms with E-state index in [1.807, 2.05) is 24.3 Å². The Labute approximate surface area is 228 Å². The predicted octanol–water partition coefficient (Wildman–Crippen LogP) is 7.00. The third kappa shape index (κ3) is 5.48. The summed E-state index contributed by atoms with van der Waals surface area (Å²) in [6.07, 6.45) is 7.98. The molecule has 0 saturated carbocycles. The van der Waals surface area contributed by atoms with Gasteiger partial charge >= 0.3 is 0 Å². The first kappa shape index (κ1) is 26.8. The van der Waals surface area contributed by atoms with Crippen LogP contribution >= 0.6 is 9.24 Å². The SMILES string of the molecule is CCC1(CC)CCN(CCCOc2cc3nccc(Oc4ccc5[nH]c(C)cc5c4P)c3cc2OC)CC1. The monoisotopic (exact) mass is 533 g/mol. The molecule has 2 aromatic heterocycles. The van der Waals surface area contributed by atoms with Crippen LogP contribution in [0.4, 0.5) is 0 Å². The van der Waals surface area contributed by atoms with Crippen molar-refractivity contribution < 1.29 is 14.2 Å². The van der Waals surface area contributed by atoms with E-state index < -0.39 is 0 Å². The van der Waals surface area contributed by atoms with Crippen molar-refractivity contribution in [3.8, 4) is 23.0 Å². The van der Waals surface area contributed by atoms with Crippen LogP contribution in [0.3, 0.4) is 0 Å². The second-order valence-corrected chi connectivity index (χ2v) is 11.2. The molecule has 0 amide bonds. The van der Waals surface area contributed by atoms with Gasteiger partial charge in [-0.25, -0.2) is 0 Å². The molecule has 1 aliphatic heterocycles. The van der Waals surface area contributed by atoms with Crippen molar-refractivity contribution in [3.05, 3.63) is 48.3 Å². The average Bonchev–Trinajstić information content (AvgIpc) is 3.34. The number of aromatic amines is 1. The van der Waals surface area contributed by atoms with E-state index in [0.717, 1.165) is 63.0 Å². The number of benzene rings is 2.